The fourth-order valence-corrected chi connectivity index (χ4v) is 3.75. The van der Waals surface area contributed by atoms with E-state index in [-0.39, 0.29) is 17.9 Å². The molecule has 0 aromatic carbocycles. The molecule has 1 fully saturated rings. The number of nitrogens with one attached hydrogen (secondary N) is 3. The highest BCUT2D eigenvalue weighted by molar-refractivity contribution is 5.81. The van der Waals surface area contributed by atoms with E-state index in [1.165, 1.54) is 0 Å². The number of rotatable bonds is 16. The average molecular weight is 447 g/mol. The van der Waals surface area contributed by atoms with E-state index in [1.807, 2.05) is 27.7 Å². The van der Waals surface area contributed by atoms with Gasteiger partial charge in [0, 0.05) is 12.5 Å². The summed E-state index contributed by atoms with van der Waals surface area (Å²) in [5.41, 5.74) is 5.45. The van der Waals surface area contributed by atoms with Crippen molar-refractivity contribution in [1.29, 1.82) is 0 Å². The topological polar surface area (TPSA) is 138 Å². The molecule has 7 N–H and O–H groups in total. The second-order valence-corrected chi connectivity index (χ2v) is 8.91. The van der Waals surface area contributed by atoms with Gasteiger partial charge in [-0.1, -0.05) is 13.8 Å². The molecule has 1 saturated heterocycles. The molecule has 1 aliphatic rings. The molecule has 1 amide bonds. The maximum absolute atomic E-state index is 12.8. The summed E-state index contributed by atoms with van der Waals surface area (Å²) in [6.45, 7) is 12.5. The first-order valence-electron chi connectivity index (χ1n) is 11.9. The molecule has 0 radical (unpaired) electrons. The first-order chi connectivity index (χ1) is 14.8. The number of carbonyl (C=O) groups excluding carboxylic acids is 1. The summed E-state index contributed by atoms with van der Waals surface area (Å²) in [5, 5.41) is 30.6. The van der Waals surface area contributed by atoms with Gasteiger partial charge in [0.05, 0.1) is 12.2 Å². The molecular formula is C22H46N4O5. The van der Waals surface area contributed by atoms with E-state index in [0.717, 1.165) is 58.4 Å². The van der Waals surface area contributed by atoms with Crippen LogP contribution in [0.1, 0.15) is 53.4 Å². The van der Waals surface area contributed by atoms with Crippen molar-refractivity contribution in [3.05, 3.63) is 0 Å². The van der Waals surface area contributed by atoms with Gasteiger partial charge in [-0.3, -0.25) is 4.79 Å². The Balaban J connectivity index is 2.30. The lowest BCUT2D eigenvalue weighted by Crippen LogP contribution is -2.61. The van der Waals surface area contributed by atoms with E-state index in [9.17, 15) is 15.0 Å². The molecule has 5 atom stereocenters. The summed E-state index contributed by atoms with van der Waals surface area (Å²) in [5.74, 6) is -0.809. The molecule has 31 heavy (non-hydrogen) atoms. The quantitative estimate of drug-likeness (QED) is 0.181. The third-order valence-electron chi connectivity index (χ3n) is 5.43. The monoisotopic (exact) mass is 446 g/mol. The molecule has 0 aromatic heterocycles. The lowest BCUT2D eigenvalue weighted by molar-refractivity contribution is -0.293. The van der Waals surface area contributed by atoms with E-state index < -0.39 is 30.5 Å². The van der Waals surface area contributed by atoms with Crippen molar-refractivity contribution >= 4 is 5.91 Å². The van der Waals surface area contributed by atoms with Crippen LogP contribution in [-0.2, 0) is 14.3 Å². The normalized spacial score (nSPS) is 26.5. The van der Waals surface area contributed by atoms with Crippen LogP contribution in [0.5, 0.6) is 0 Å². The van der Waals surface area contributed by atoms with Crippen LogP contribution >= 0.6 is 0 Å². The van der Waals surface area contributed by atoms with Gasteiger partial charge >= 0.3 is 0 Å². The molecule has 184 valence electrons. The number of hydrogen-bond acceptors (Lipinski definition) is 8. The van der Waals surface area contributed by atoms with Crippen molar-refractivity contribution in [3.8, 4) is 0 Å². The molecule has 1 rings (SSSR count). The molecule has 0 aromatic rings. The standard InChI is InChI=1S/C22H46N4O5/c1-15(2)17-18(27)19(28)22(30-16(3)4)31-20(17)21(29)26-14-8-13-25-11-6-5-10-24-12-7-9-23/h15-20,22,24-25,27-28H,5-14,23H2,1-4H3,(H,26,29). The number of carbonyl (C=O) groups is 1. The number of ether oxygens (including phenoxy) is 2. The molecule has 0 bridgehead atoms. The first-order valence-corrected chi connectivity index (χ1v) is 11.9. The fraction of sp³-hybridized carbons (Fsp3) is 0.955. The molecule has 1 heterocycles. The third-order valence-corrected chi connectivity index (χ3v) is 5.43. The third kappa shape index (κ3) is 10.6. The molecule has 9 heteroatoms. The summed E-state index contributed by atoms with van der Waals surface area (Å²) in [6.07, 6.45) is -0.301. The molecule has 1 aliphatic heterocycles. The Morgan fingerprint density at radius 2 is 1.52 bits per heavy atom. The van der Waals surface area contributed by atoms with Gasteiger partial charge in [0.15, 0.2) is 6.29 Å². The van der Waals surface area contributed by atoms with Gasteiger partial charge in [0.1, 0.15) is 12.2 Å². The minimum atomic E-state index is -1.18. The van der Waals surface area contributed by atoms with Gasteiger partial charge in [0.2, 0.25) is 5.91 Å². The van der Waals surface area contributed by atoms with Gasteiger partial charge < -0.3 is 41.4 Å². The number of unbranched alkanes of at least 4 members (excludes halogenated alkanes) is 1. The lowest BCUT2D eigenvalue weighted by atomic mass is 9.80. The van der Waals surface area contributed by atoms with Gasteiger partial charge in [-0.15, -0.1) is 0 Å². The van der Waals surface area contributed by atoms with Crippen molar-refractivity contribution < 1.29 is 24.5 Å². The van der Waals surface area contributed by atoms with E-state index in [1.54, 1.807) is 0 Å². The zero-order valence-electron chi connectivity index (χ0n) is 19.8. The van der Waals surface area contributed by atoms with Crippen LogP contribution in [0.2, 0.25) is 0 Å². The van der Waals surface area contributed by atoms with E-state index in [0.29, 0.717) is 6.54 Å². The van der Waals surface area contributed by atoms with E-state index in [2.05, 4.69) is 16.0 Å². The Kier molecular flexibility index (Phi) is 14.5. The van der Waals surface area contributed by atoms with Crippen LogP contribution in [0.3, 0.4) is 0 Å². The smallest absolute Gasteiger partial charge is 0.249 e. The number of aliphatic hydroxyl groups excluding tert-OH is 2. The predicted octanol–water partition coefficient (Wildman–Crippen LogP) is -0.0552. The highest BCUT2D eigenvalue weighted by Gasteiger charge is 2.49. The van der Waals surface area contributed by atoms with E-state index in [4.69, 9.17) is 15.2 Å². The summed E-state index contributed by atoms with van der Waals surface area (Å²) in [6, 6.07) is 0. The number of nitrogens with two attached hydrogens (primary N) is 1. The molecule has 5 unspecified atom stereocenters. The average Bonchev–Trinajstić information content (AvgIpc) is 2.71. The fourth-order valence-electron chi connectivity index (χ4n) is 3.75. The van der Waals surface area contributed by atoms with Gasteiger partial charge in [-0.25, -0.2) is 0 Å². The zero-order valence-corrected chi connectivity index (χ0v) is 19.8. The van der Waals surface area contributed by atoms with Gasteiger partial charge in [-0.2, -0.15) is 0 Å². The Labute approximate surface area is 187 Å². The van der Waals surface area contributed by atoms with Crippen LogP contribution in [0.25, 0.3) is 0 Å². The Morgan fingerprint density at radius 1 is 0.935 bits per heavy atom. The second kappa shape index (κ2) is 15.9. The van der Waals surface area contributed by atoms with Crippen LogP contribution in [0, 0.1) is 11.8 Å². The van der Waals surface area contributed by atoms with Crippen molar-refractivity contribution in [2.75, 3.05) is 39.3 Å². The predicted molar refractivity (Wildman–Crippen MR) is 121 cm³/mol. The number of amides is 1. The van der Waals surface area contributed by atoms with Gasteiger partial charge in [0.25, 0.3) is 0 Å². The molecule has 0 saturated carbocycles. The summed E-state index contributed by atoms with van der Waals surface area (Å²) in [7, 11) is 0. The SMILES string of the molecule is CC(C)OC1OC(C(=O)NCCCNCCCCNCCCN)C(C(C)C)C(O)C1O. The summed E-state index contributed by atoms with van der Waals surface area (Å²) < 4.78 is 11.4. The zero-order chi connectivity index (χ0) is 23.2. The summed E-state index contributed by atoms with van der Waals surface area (Å²) >= 11 is 0. The Hall–Kier alpha value is -0.810. The van der Waals surface area contributed by atoms with Crippen molar-refractivity contribution in [2.24, 2.45) is 17.6 Å². The van der Waals surface area contributed by atoms with Crippen molar-refractivity contribution in [3.63, 3.8) is 0 Å². The van der Waals surface area contributed by atoms with Gasteiger partial charge in [-0.05, 0) is 78.2 Å². The molecule has 0 spiro atoms. The molecule has 9 nitrogen and oxygen atoms in total. The first kappa shape index (κ1) is 28.2. The minimum absolute atomic E-state index is 0.0353. The Bertz CT molecular complexity index is 479. The highest BCUT2D eigenvalue weighted by atomic mass is 16.7. The van der Waals surface area contributed by atoms with Crippen molar-refractivity contribution in [2.45, 2.75) is 84.1 Å². The van der Waals surface area contributed by atoms with E-state index >= 15 is 0 Å². The van der Waals surface area contributed by atoms with Crippen LogP contribution < -0.4 is 21.7 Å². The Morgan fingerprint density at radius 3 is 2.06 bits per heavy atom. The lowest BCUT2D eigenvalue weighted by Gasteiger charge is -2.44. The van der Waals surface area contributed by atoms with Crippen LogP contribution in [0.15, 0.2) is 0 Å². The number of hydrogen-bond donors (Lipinski definition) is 6. The summed E-state index contributed by atoms with van der Waals surface area (Å²) in [4.78, 5) is 12.8. The van der Waals surface area contributed by atoms with Crippen LogP contribution in [0.4, 0.5) is 0 Å². The maximum atomic E-state index is 12.8. The van der Waals surface area contributed by atoms with Crippen molar-refractivity contribution in [1.82, 2.24) is 16.0 Å². The second-order valence-electron chi connectivity index (χ2n) is 8.91. The number of aliphatic hydroxyl groups is 2. The largest absolute Gasteiger partial charge is 0.390 e. The maximum Gasteiger partial charge on any atom is 0.249 e. The van der Waals surface area contributed by atoms with Crippen LogP contribution in [-0.4, -0.2) is 86.1 Å². The minimum Gasteiger partial charge on any atom is -0.390 e. The molecular weight excluding hydrogens is 400 g/mol. The highest BCUT2D eigenvalue weighted by Crippen LogP contribution is 2.32. The molecule has 0 aliphatic carbocycles.